The second-order valence-electron chi connectivity index (χ2n) is 5.46. The predicted molar refractivity (Wildman–Crippen MR) is 89.7 cm³/mol. The van der Waals surface area contributed by atoms with E-state index >= 15 is 0 Å². The summed E-state index contributed by atoms with van der Waals surface area (Å²) in [7, 11) is 0. The molecule has 0 saturated carbocycles. The first-order valence-corrected chi connectivity index (χ1v) is 8.00. The fourth-order valence-corrected chi connectivity index (χ4v) is 2.48. The van der Waals surface area contributed by atoms with Crippen LogP contribution in [0.2, 0.25) is 0 Å². The van der Waals surface area contributed by atoms with Gasteiger partial charge in [0.25, 0.3) is 5.91 Å². The normalized spacial score (nSPS) is 16.1. The number of hydrogen-bond donors (Lipinski definition) is 1. The van der Waals surface area contributed by atoms with Crippen LogP contribution in [0.4, 0.5) is 4.39 Å². The number of carbonyl (C=O) groups is 1. The Morgan fingerprint density at radius 3 is 3.08 bits per heavy atom. The molecule has 0 unspecified atom stereocenters. The Morgan fingerprint density at radius 1 is 1.40 bits per heavy atom. The van der Waals surface area contributed by atoms with E-state index < -0.39 is 6.10 Å². The lowest BCUT2D eigenvalue weighted by atomic mass is 10.0. The molecule has 6 nitrogen and oxygen atoms in total. The maximum absolute atomic E-state index is 13.3. The number of halogens is 1. The van der Waals surface area contributed by atoms with Crippen molar-refractivity contribution in [2.24, 2.45) is 5.16 Å². The fraction of sp³-hybridized carbons (Fsp3) is 0.278. The van der Waals surface area contributed by atoms with Crippen molar-refractivity contribution in [3.63, 3.8) is 0 Å². The van der Waals surface area contributed by atoms with E-state index in [-0.39, 0.29) is 18.3 Å². The van der Waals surface area contributed by atoms with Crippen LogP contribution < -0.4 is 10.1 Å². The van der Waals surface area contributed by atoms with E-state index in [1.54, 1.807) is 24.4 Å². The molecule has 1 atom stereocenters. The van der Waals surface area contributed by atoms with Crippen LogP contribution in [0, 0.1) is 5.82 Å². The Bertz CT molecular complexity index is 795. The van der Waals surface area contributed by atoms with Crippen molar-refractivity contribution >= 4 is 11.6 Å². The number of amides is 1. The Morgan fingerprint density at radius 2 is 2.28 bits per heavy atom. The number of nitrogens with zero attached hydrogens (tertiary/aromatic N) is 2. The number of aromatic nitrogens is 1. The van der Waals surface area contributed by atoms with Gasteiger partial charge in [-0.2, -0.15) is 0 Å². The zero-order valence-electron chi connectivity index (χ0n) is 13.7. The average Bonchev–Trinajstić information content (AvgIpc) is 3.11. The van der Waals surface area contributed by atoms with E-state index in [1.807, 2.05) is 13.0 Å². The van der Waals surface area contributed by atoms with E-state index in [1.165, 1.54) is 12.1 Å². The number of nitrogens with one attached hydrogen (secondary N) is 1. The summed E-state index contributed by atoms with van der Waals surface area (Å²) in [5.74, 6) is -0.149. The zero-order valence-corrected chi connectivity index (χ0v) is 13.7. The molecule has 0 aliphatic carbocycles. The SMILES string of the molecule is CCOc1ncccc1CNC(=O)[C@@H]1CC(c2cccc(F)c2)=NO1. The molecule has 1 aliphatic rings. The molecule has 1 aromatic carbocycles. The summed E-state index contributed by atoms with van der Waals surface area (Å²) in [6.07, 6.45) is 1.20. The Hall–Kier alpha value is -2.96. The molecule has 0 saturated heterocycles. The number of pyridine rings is 1. The predicted octanol–water partition coefficient (Wildman–Crippen LogP) is 2.43. The quantitative estimate of drug-likeness (QED) is 0.874. The largest absolute Gasteiger partial charge is 0.478 e. The summed E-state index contributed by atoms with van der Waals surface area (Å²) in [6.45, 7) is 2.64. The Kier molecular flexibility index (Phi) is 5.23. The minimum atomic E-state index is -0.731. The van der Waals surface area contributed by atoms with Gasteiger partial charge < -0.3 is 14.9 Å². The van der Waals surface area contributed by atoms with Crippen LogP contribution in [0.1, 0.15) is 24.5 Å². The van der Waals surface area contributed by atoms with Gasteiger partial charge in [-0.15, -0.1) is 0 Å². The molecule has 7 heteroatoms. The van der Waals surface area contributed by atoms with Crippen molar-refractivity contribution in [1.82, 2.24) is 10.3 Å². The van der Waals surface area contributed by atoms with Gasteiger partial charge in [0.15, 0.2) is 0 Å². The topological polar surface area (TPSA) is 72.8 Å². The summed E-state index contributed by atoms with van der Waals surface area (Å²) < 4.78 is 18.7. The molecular weight excluding hydrogens is 325 g/mol. The van der Waals surface area contributed by atoms with Crippen LogP contribution in [-0.2, 0) is 16.2 Å². The fourth-order valence-electron chi connectivity index (χ4n) is 2.48. The molecule has 2 aromatic rings. The van der Waals surface area contributed by atoms with Crippen LogP contribution in [0.15, 0.2) is 47.8 Å². The first kappa shape index (κ1) is 16.9. The van der Waals surface area contributed by atoms with Crippen molar-refractivity contribution < 1.29 is 18.8 Å². The third kappa shape index (κ3) is 4.12. The van der Waals surface area contributed by atoms with E-state index in [2.05, 4.69) is 15.5 Å². The van der Waals surface area contributed by atoms with Crippen LogP contribution >= 0.6 is 0 Å². The van der Waals surface area contributed by atoms with Crippen LogP contribution in [0.5, 0.6) is 5.88 Å². The van der Waals surface area contributed by atoms with E-state index in [0.29, 0.717) is 30.2 Å². The monoisotopic (exact) mass is 343 g/mol. The third-order valence-corrected chi connectivity index (χ3v) is 3.70. The summed E-state index contributed by atoms with van der Waals surface area (Å²) in [4.78, 5) is 21.6. The first-order chi connectivity index (χ1) is 12.2. The number of ether oxygens (including phenoxy) is 1. The second kappa shape index (κ2) is 7.74. The molecule has 1 aliphatic heterocycles. The second-order valence-corrected chi connectivity index (χ2v) is 5.46. The summed E-state index contributed by atoms with van der Waals surface area (Å²) in [5.41, 5.74) is 1.94. The smallest absolute Gasteiger partial charge is 0.264 e. The number of oxime groups is 1. The van der Waals surface area contributed by atoms with Gasteiger partial charge in [-0.05, 0) is 25.1 Å². The highest BCUT2D eigenvalue weighted by atomic mass is 19.1. The standard InChI is InChI=1S/C18H18FN3O3/c1-2-24-18-13(6-4-8-20-18)11-21-17(23)16-10-15(22-25-16)12-5-3-7-14(19)9-12/h3-9,16H,2,10-11H2,1H3,(H,21,23)/t16-/m0/s1. The summed E-state index contributed by atoms with van der Waals surface area (Å²) >= 11 is 0. The van der Waals surface area contributed by atoms with Gasteiger partial charge >= 0.3 is 0 Å². The van der Waals surface area contributed by atoms with Crippen molar-refractivity contribution in [3.05, 3.63) is 59.5 Å². The van der Waals surface area contributed by atoms with Crippen LogP contribution in [-0.4, -0.2) is 29.3 Å². The molecule has 1 N–H and O–H groups in total. The molecule has 1 aromatic heterocycles. The van der Waals surface area contributed by atoms with Crippen molar-refractivity contribution in [2.45, 2.75) is 26.0 Å². The summed E-state index contributed by atoms with van der Waals surface area (Å²) in [6, 6.07) is 9.66. The van der Waals surface area contributed by atoms with Gasteiger partial charge in [0.2, 0.25) is 12.0 Å². The van der Waals surface area contributed by atoms with E-state index in [4.69, 9.17) is 9.57 Å². The molecule has 25 heavy (non-hydrogen) atoms. The molecule has 130 valence electrons. The molecule has 2 heterocycles. The number of carbonyl (C=O) groups excluding carboxylic acids is 1. The first-order valence-electron chi connectivity index (χ1n) is 8.00. The minimum absolute atomic E-state index is 0.275. The molecular formula is C18H18FN3O3. The number of hydrogen-bond acceptors (Lipinski definition) is 5. The van der Waals surface area contributed by atoms with Crippen LogP contribution in [0.3, 0.4) is 0 Å². The number of benzene rings is 1. The lowest BCUT2D eigenvalue weighted by Crippen LogP contribution is -2.34. The molecule has 1 amide bonds. The molecule has 3 rings (SSSR count). The summed E-state index contributed by atoms with van der Waals surface area (Å²) in [5, 5.41) is 6.70. The highest BCUT2D eigenvalue weighted by molar-refractivity contribution is 6.04. The highest BCUT2D eigenvalue weighted by Gasteiger charge is 2.29. The maximum Gasteiger partial charge on any atom is 0.264 e. The molecule has 0 radical (unpaired) electrons. The highest BCUT2D eigenvalue weighted by Crippen LogP contribution is 2.18. The van der Waals surface area contributed by atoms with Gasteiger partial charge in [-0.25, -0.2) is 9.37 Å². The van der Waals surface area contributed by atoms with Gasteiger partial charge in [0.1, 0.15) is 5.82 Å². The van der Waals surface area contributed by atoms with Gasteiger partial charge in [0.05, 0.1) is 12.3 Å². The molecule has 0 bridgehead atoms. The molecule has 0 spiro atoms. The third-order valence-electron chi connectivity index (χ3n) is 3.70. The van der Waals surface area contributed by atoms with Crippen molar-refractivity contribution in [1.29, 1.82) is 0 Å². The lowest BCUT2D eigenvalue weighted by molar-refractivity contribution is -0.131. The Labute approximate surface area is 144 Å². The Balaban J connectivity index is 1.57. The average molecular weight is 343 g/mol. The van der Waals surface area contributed by atoms with E-state index in [9.17, 15) is 9.18 Å². The van der Waals surface area contributed by atoms with Crippen molar-refractivity contribution in [3.8, 4) is 5.88 Å². The van der Waals surface area contributed by atoms with Crippen LogP contribution in [0.25, 0.3) is 0 Å². The van der Waals surface area contributed by atoms with Gasteiger partial charge in [-0.3, -0.25) is 4.79 Å². The van der Waals surface area contributed by atoms with Crippen molar-refractivity contribution in [2.75, 3.05) is 6.61 Å². The number of rotatable bonds is 6. The van der Waals surface area contributed by atoms with Gasteiger partial charge in [-0.1, -0.05) is 23.4 Å². The zero-order chi connectivity index (χ0) is 17.6. The lowest BCUT2D eigenvalue weighted by Gasteiger charge is -2.12. The van der Waals surface area contributed by atoms with E-state index in [0.717, 1.165) is 5.56 Å². The minimum Gasteiger partial charge on any atom is -0.478 e. The maximum atomic E-state index is 13.3. The van der Waals surface area contributed by atoms with Gasteiger partial charge in [0, 0.05) is 30.3 Å². The molecule has 0 fully saturated rings.